The molecule has 0 bridgehead atoms. The van der Waals surface area contributed by atoms with Crippen LogP contribution in [0.15, 0.2) is 48.5 Å². The third kappa shape index (κ3) is 5.97. The zero-order valence-electron chi connectivity index (χ0n) is 16.1. The van der Waals surface area contributed by atoms with Gasteiger partial charge in [0.1, 0.15) is 5.75 Å². The maximum atomic E-state index is 10.4. The highest BCUT2D eigenvalue weighted by molar-refractivity contribution is 5.85. The second kappa shape index (κ2) is 9.15. The van der Waals surface area contributed by atoms with Crippen LogP contribution in [0.1, 0.15) is 52.2 Å². The standard InChI is InChI=1S/C22H31NO.ClH/c1-17(2)23(15-9-12-18-10-7-6-8-11-18)20-16-19(22(3,4)5)13-14-21(20)24;/h6-8,10-11,13-14,16-17,24H,9,12,15H2,1-5H3;1H. The third-order valence-electron chi connectivity index (χ3n) is 4.48. The number of benzene rings is 2. The summed E-state index contributed by atoms with van der Waals surface area (Å²) in [5.74, 6) is 0.372. The van der Waals surface area contributed by atoms with E-state index in [0.717, 1.165) is 25.1 Å². The average Bonchev–Trinajstić information content (AvgIpc) is 2.52. The zero-order valence-corrected chi connectivity index (χ0v) is 16.9. The molecule has 25 heavy (non-hydrogen) atoms. The maximum absolute atomic E-state index is 10.4. The number of nitrogens with zero attached hydrogens (tertiary/aromatic N) is 1. The second-order valence-corrected chi connectivity index (χ2v) is 7.83. The molecule has 1 N–H and O–H groups in total. The normalized spacial score (nSPS) is 11.3. The van der Waals surface area contributed by atoms with Crippen molar-refractivity contribution in [3.63, 3.8) is 0 Å². The van der Waals surface area contributed by atoms with Gasteiger partial charge in [0.2, 0.25) is 0 Å². The smallest absolute Gasteiger partial charge is 0.138 e. The van der Waals surface area contributed by atoms with E-state index in [2.05, 4.69) is 75.9 Å². The van der Waals surface area contributed by atoms with E-state index in [1.54, 1.807) is 0 Å². The summed E-state index contributed by atoms with van der Waals surface area (Å²) in [6.07, 6.45) is 2.13. The van der Waals surface area contributed by atoms with Crippen molar-refractivity contribution in [1.29, 1.82) is 0 Å². The highest BCUT2D eigenvalue weighted by Gasteiger charge is 2.19. The highest BCUT2D eigenvalue weighted by atomic mass is 35.5. The number of aromatic hydroxyl groups is 1. The summed E-state index contributed by atoms with van der Waals surface area (Å²) in [5, 5.41) is 10.4. The van der Waals surface area contributed by atoms with Crippen LogP contribution >= 0.6 is 12.4 Å². The van der Waals surface area contributed by atoms with Crippen molar-refractivity contribution in [3.8, 4) is 5.75 Å². The lowest BCUT2D eigenvalue weighted by Gasteiger charge is -2.31. The minimum Gasteiger partial charge on any atom is -0.506 e. The van der Waals surface area contributed by atoms with Gasteiger partial charge in [-0.2, -0.15) is 0 Å². The molecule has 138 valence electrons. The van der Waals surface area contributed by atoms with E-state index in [1.807, 2.05) is 12.1 Å². The van der Waals surface area contributed by atoms with E-state index in [9.17, 15) is 5.11 Å². The fourth-order valence-corrected chi connectivity index (χ4v) is 2.98. The Labute approximate surface area is 159 Å². The lowest BCUT2D eigenvalue weighted by molar-refractivity contribution is 0.469. The molecule has 0 atom stereocenters. The Kier molecular flexibility index (Phi) is 7.82. The monoisotopic (exact) mass is 361 g/mol. The van der Waals surface area contributed by atoms with E-state index < -0.39 is 0 Å². The molecule has 0 radical (unpaired) electrons. The van der Waals surface area contributed by atoms with E-state index in [0.29, 0.717) is 11.8 Å². The second-order valence-electron chi connectivity index (χ2n) is 7.83. The minimum absolute atomic E-state index is 0. The quantitative estimate of drug-likeness (QED) is 0.686. The molecule has 0 aliphatic carbocycles. The minimum atomic E-state index is 0. The Hall–Kier alpha value is -1.67. The van der Waals surface area contributed by atoms with Gasteiger partial charge in [-0.15, -0.1) is 12.4 Å². The van der Waals surface area contributed by atoms with E-state index in [1.165, 1.54) is 11.1 Å². The van der Waals surface area contributed by atoms with Crippen molar-refractivity contribution < 1.29 is 5.11 Å². The molecule has 0 unspecified atom stereocenters. The number of anilines is 1. The summed E-state index contributed by atoms with van der Waals surface area (Å²) in [6.45, 7) is 11.9. The molecule has 0 saturated carbocycles. The highest BCUT2D eigenvalue weighted by Crippen LogP contribution is 2.34. The molecule has 0 amide bonds. The average molecular weight is 362 g/mol. The van der Waals surface area contributed by atoms with Gasteiger partial charge >= 0.3 is 0 Å². The molecule has 0 aromatic heterocycles. The van der Waals surface area contributed by atoms with Crippen molar-refractivity contribution >= 4 is 18.1 Å². The largest absolute Gasteiger partial charge is 0.506 e. The Bertz CT molecular complexity index is 647. The first-order chi connectivity index (χ1) is 11.3. The van der Waals surface area contributed by atoms with Crippen LogP contribution in [0.2, 0.25) is 0 Å². The number of hydrogen-bond acceptors (Lipinski definition) is 2. The van der Waals surface area contributed by atoms with Crippen LogP contribution in [0.25, 0.3) is 0 Å². The van der Waals surface area contributed by atoms with Crippen LogP contribution in [0.4, 0.5) is 5.69 Å². The number of phenols is 1. The first-order valence-corrected chi connectivity index (χ1v) is 8.93. The van der Waals surface area contributed by atoms with Gasteiger partial charge in [-0.25, -0.2) is 0 Å². The van der Waals surface area contributed by atoms with Gasteiger partial charge in [-0.05, 0) is 55.4 Å². The SMILES string of the molecule is CC(C)N(CCCc1ccccc1)c1cc(C(C)(C)C)ccc1O.Cl. The van der Waals surface area contributed by atoms with E-state index in [4.69, 9.17) is 0 Å². The molecule has 2 nitrogen and oxygen atoms in total. The molecule has 0 spiro atoms. The van der Waals surface area contributed by atoms with E-state index >= 15 is 0 Å². The molecule has 0 aliphatic heterocycles. The Balaban J connectivity index is 0.00000312. The molecular formula is C22H32ClNO. The maximum Gasteiger partial charge on any atom is 0.138 e. The van der Waals surface area contributed by atoms with Gasteiger partial charge in [0.25, 0.3) is 0 Å². The van der Waals surface area contributed by atoms with Crippen LogP contribution in [-0.4, -0.2) is 17.7 Å². The third-order valence-corrected chi connectivity index (χ3v) is 4.48. The van der Waals surface area contributed by atoms with Crippen molar-refractivity contribution in [2.75, 3.05) is 11.4 Å². The predicted octanol–water partition coefficient (Wildman–Crippen LogP) is 5.96. The lowest BCUT2D eigenvalue weighted by atomic mass is 9.86. The topological polar surface area (TPSA) is 23.5 Å². The fourth-order valence-electron chi connectivity index (χ4n) is 2.98. The van der Waals surface area contributed by atoms with Crippen LogP contribution < -0.4 is 4.90 Å². The summed E-state index contributed by atoms with van der Waals surface area (Å²) in [5.41, 5.74) is 3.65. The van der Waals surface area contributed by atoms with Crippen LogP contribution in [0.3, 0.4) is 0 Å². The van der Waals surface area contributed by atoms with Crippen LogP contribution in [0.5, 0.6) is 5.75 Å². The van der Waals surface area contributed by atoms with Gasteiger partial charge in [0.15, 0.2) is 0 Å². The molecule has 2 rings (SSSR count). The first kappa shape index (κ1) is 21.4. The van der Waals surface area contributed by atoms with Crippen molar-refractivity contribution in [3.05, 3.63) is 59.7 Å². The molecule has 2 aromatic rings. The van der Waals surface area contributed by atoms with Gasteiger partial charge < -0.3 is 10.0 Å². The molecule has 0 saturated heterocycles. The molecule has 3 heteroatoms. The molecule has 0 heterocycles. The van der Waals surface area contributed by atoms with Crippen molar-refractivity contribution in [2.45, 2.75) is 58.9 Å². The van der Waals surface area contributed by atoms with E-state index in [-0.39, 0.29) is 17.8 Å². The summed E-state index contributed by atoms with van der Waals surface area (Å²) in [4.78, 5) is 2.31. The van der Waals surface area contributed by atoms with Gasteiger partial charge in [0.05, 0.1) is 5.69 Å². The van der Waals surface area contributed by atoms with Gasteiger partial charge in [-0.3, -0.25) is 0 Å². The molecule has 0 aliphatic rings. The number of aryl methyl sites for hydroxylation is 1. The van der Waals surface area contributed by atoms with Crippen molar-refractivity contribution in [2.24, 2.45) is 0 Å². The predicted molar refractivity (Wildman–Crippen MR) is 111 cm³/mol. The van der Waals surface area contributed by atoms with Crippen LogP contribution in [-0.2, 0) is 11.8 Å². The fraction of sp³-hybridized carbons (Fsp3) is 0.455. The van der Waals surface area contributed by atoms with Gasteiger partial charge in [0, 0.05) is 12.6 Å². The number of halogens is 1. The molecule has 2 aromatic carbocycles. The molecular weight excluding hydrogens is 330 g/mol. The zero-order chi connectivity index (χ0) is 17.7. The number of rotatable bonds is 6. The Morgan fingerprint density at radius 1 is 1.00 bits per heavy atom. The summed E-state index contributed by atoms with van der Waals surface area (Å²) >= 11 is 0. The number of phenolic OH excluding ortho intramolecular Hbond substituents is 1. The Morgan fingerprint density at radius 2 is 1.64 bits per heavy atom. The lowest BCUT2D eigenvalue weighted by Crippen LogP contribution is -2.32. The van der Waals surface area contributed by atoms with Crippen molar-refractivity contribution in [1.82, 2.24) is 0 Å². The summed E-state index contributed by atoms with van der Waals surface area (Å²) < 4.78 is 0. The first-order valence-electron chi connectivity index (χ1n) is 8.93. The van der Waals surface area contributed by atoms with Gasteiger partial charge in [-0.1, -0.05) is 57.2 Å². The summed E-state index contributed by atoms with van der Waals surface area (Å²) in [6, 6.07) is 17.0. The summed E-state index contributed by atoms with van der Waals surface area (Å²) in [7, 11) is 0. The molecule has 0 fully saturated rings. The number of hydrogen-bond donors (Lipinski definition) is 1. The van der Waals surface area contributed by atoms with Crippen LogP contribution in [0, 0.1) is 0 Å². The Morgan fingerprint density at radius 3 is 2.20 bits per heavy atom.